The predicted octanol–water partition coefficient (Wildman–Crippen LogP) is -2.95. The lowest BCUT2D eigenvalue weighted by molar-refractivity contribution is 0.275. The Balaban J connectivity index is 3.26. The number of rotatable bonds is 4. The molecule has 0 N–H and O–H groups in total. The first-order valence-corrected chi connectivity index (χ1v) is 15.6. The lowest BCUT2D eigenvalue weighted by Crippen LogP contribution is -2.49. The van der Waals surface area contributed by atoms with E-state index < -0.39 is 40.1 Å². The zero-order valence-electron chi connectivity index (χ0n) is 16.3. The Morgan fingerprint density at radius 3 is 0.536 bits per heavy atom. The van der Waals surface area contributed by atoms with Crippen molar-refractivity contribution in [1.82, 2.24) is 17.2 Å². The number of nitrogens with zero attached hydrogens (tertiary/aromatic N) is 4. The standard InChI is InChI=1S/C12H28N4O8S4/c1-25(17,18)13-5-7-14(26(2,19)20)9-11-16(28(4,23)24)12-10-15(8-6-13)27(3,21)22/h5-12H2,1-4H3. The molecule has 0 unspecified atom stereocenters. The van der Waals surface area contributed by atoms with Crippen LogP contribution in [0.5, 0.6) is 0 Å². The molecule has 16 heteroatoms. The molecule has 0 amide bonds. The smallest absolute Gasteiger partial charge is 0.211 e. The Hall–Kier alpha value is -0.360. The van der Waals surface area contributed by atoms with Crippen molar-refractivity contribution in [3.63, 3.8) is 0 Å². The second-order valence-corrected chi connectivity index (χ2v) is 14.6. The van der Waals surface area contributed by atoms with Gasteiger partial charge in [-0.2, -0.15) is 17.2 Å². The summed E-state index contributed by atoms with van der Waals surface area (Å²) in [6.45, 7) is -1.43. The number of hydrogen-bond donors (Lipinski definition) is 0. The van der Waals surface area contributed by atoms with Crippen LogP contribution in [0, 0.1) is 0 Å². The molecular weight excluding hydrogens is 456 g/mol. The fourth-order valence-electron chi connectivity index (χ4n) is 2.67. The highest BCUT2D eigenvalue weighted by Crippen LogP contribution is 2.09. The van der Waals surface area contributed by atoms with E-state index in [4.69, 9.17) is 0 Å². The van der Waals surface area contributed by atoms with Crippen molar-refractivity contribution in [2.24, 2.45) is 0 Å². The molecule has 28 heavy (non-hydrogen) atoms. The summed E-state index contributed by atoms with van der Waals surface area (Å²) in [4.78, 5) is 0. The lowest BCUT2D eigenvalue weighted by atomic mass is 10.4. The highest BCUT2D eigenvalue weighted by Gasteiger charge is 2.28. The van der Waals surface area contributed by atoms with Gasteiger partial charge in [0.1, 0.15) is 0 Å². The number of sulfonamides is 4. The SMILES string of the molecule is CS(=O)(=O)N1CCN(S(C)(=O)=O)CCN(S(C)(=O)=O)CCN(S(C)(=O)=O)CC1. The van der Waals surface area contributed by atoms with Gasteiger partial charge in [-0.05, 0) is 0 Å². The van der Waals surface area contributed by atoms with Crippen LogP contribution < -0.4 is 0 Å². The van der Waals surface area contributed by atoms with Crippen LogP contribution in [0.25, 0.3) is 0 Å². The molecule has 0 saturated carbocycles. The quantitative estimate of drug-likeness (QED) is 0.411. The maximum absolute atomic E-state index is 12.0. The van der Waals surface area contributed by atoms with E-state index in [0.717, 1.165) is 42.2 Å². The van der Waals surface area contributed by atoms with Crippen LogP contribution in [0.3, 0.4) is 0 Å². The molecular formula is C12H28N4O8S4. The summed E-state index contributed by atoms with van der Waals surface area (Å²) in [5.41, 5.74) is 0. The molecule has 0 aromatic heterocycles. The second kappa shape index (κ2) is 9.20. The average molecular weight is 485 g/mol. The maximum Gasteiger partial charge on any atom is 0.211 e. The molecule has 1 heterocycles. The van der Waals surface area contributed by atoms with Gasteiger partial charge in [0, 0.05) is 52.4 Å². The highest BCUT2D eigenvalue weighted by molar-refractivity contribution is 7.89. The molecule has 168 valence electrons. The van der Waals surface area contributed by atoms with Crippen molar-refractivity contribution in [2.75, 3.05) is 77.4 Å². The van der Waals surface area contributed by atoms with Gasteiger partial charge in [0.15, 0.2) is 0 Å². The van der Waals surface area contributed by atoms with Crippen LogP contribution in [0.15, 0.2) is 0 Å². The molecule has 1 aliphatic heterocycles. The molecule has 0 atom stereocenters. The molecule has 0 aliphatic carbocycles. The lowest BCUT2D eigenvalue weighted by Gasteiger charge is -2.31. The fraction of sp³-hybridized carbons (Fsp3) is 1.00. The third kappa shape index (κ3) is 8.17. The van der Waals surface area contributed by atoms with E-state index in [2.05, 4.69) is 0 Å². The second-order valence-electron chi connectivity index (χ2n) is 6.65. The van der Waals surface area contributed by atoms with Crippen LogP contribution in [-0.4, -0.2) is 128 Å². The molecule has 1 aliphatic rings. The van der Waals surface area contributed by atoms with Gasteiger partial charge in [-0.3, -0.25) is 0 Å². The number of hydrogen-bond acceptors (Lipinski definition) is 8. The van der Waals surface area contributed by atoms with E-state index in [1.165, 1.54) is 0 Å². The topological polar surface area (TPSA) is 150 Å². The molecule has 1 saturated heterocycles. The molecule has 0 bridgehead atoms. The Bertz CT molecular complexity index is 783. The highest BCUT2D eigenvalue weighted by atomic mass is 32.2. The minimum Gasteiger partial charge on any atom is -0.213 e. The van der Waals surface area contributed by atoms with Crippen LogP contribution in [-0.2, 0) is 40.1 Å². The Morgan fingerprint density at radius 2 is 0.464 bits per heavy atom. The van der Waals surface area contributed by atoms with Crippen molar-refractivity contribution in [2.45, 2.75) is 0 Å². The van der Waals surface area contributed by atoms with Crippen LogP contribution >= 0.6 is 0 Å². The summed E-state index contributed by atoms with van der Waals surface area (Å²) in [6, 6.07) is 0. The summed E-state index contributed by atoms with van der Waals surface area (Å²) in [5.74, 6) is 0. The summed E-state index contributed by atoms with van der Waals surface area (Å²) in [7, 11) is -14.8. The summed E-state index contributed by atoms with van der Waals surface area (Å²) < 4.78 is 100. The Kier molecular flexibility index (Phi) is 8.43. The first-order chi connectivity index (χ1) is 12.4. The van der Waals surface area contributed by atoms with Gasteiger partial charge in [0.2, 0.25) is 40.1 Å². The van der Waals surface area contributed by atoms with Crippen LogP contribution in [0.1, 0.15) is 0 Å². The zero-order valence-corrected chi connectivity index (χ0v) is 19.6. The molecule has 1 fully saturated rings. The van der Waals surface area contributed by atoms with Crippen LogP contribution in [0.2, 0.25) is 0 Å². The fourth-order valence-corrected chi connectivity index (χ4v) is 5.97. The minimum absolute atomic E-state index is 0.178. The van der Waals surface area contributed by atoms with Crippen molar-refractivity contribution < 1.29 is 33.7 Å². The van der Waals surface area contributed by atoms with Crippen molar-refractivity contribution in [1.29, 1.82) is 0 Å². The third-order valence-electron chi connectivity index (χ3n) is 4.27. The largest absolute Gasteiger partial charge is 0.213 e. The summed E-state index contributed by atoms with van der Waals surface area (Å²) in [5, 5.41) is 0. The van der Waals surface area contributed by atoms with E-state index in [9.17, 15) is 33.7 Å². The summed E-state index contributed by atoms with van der Waals surface area (Å²) >= 11 is 0. The normalized spacial score (nSPS) is 22.4. The van der Waals surface area contributed by atoms with Gasteiger partial charge in [0.25, 0.3) is 0 Å². The summed E-state index contributed by atoms with van der Waals surface area (Å²) in [6.07, 6.45) is 3.83. The van der Waals surface area contributed by atoms with E-state index in [0.29, 0.717) is 0 Å². The average Bonchev–Trinajstić information content (AvgIpc) is 2.42. The predicted molar refractivity (Wildman–Crippen MR) is 106 cm³/mol. The van der Waals surface area contributed by atoms with E-state index in [-0.39, 0.29) is 52.4 Å². The van der Waals surface area contributed by atoms with Crippen molar-refractivity contribution in [3.8, 4) is 0 Å². The van der Waals surface area contributed by atoms with E-state index in [1.54, 1.807) is 0 Å². The molecule has 0 aromatic carbocycles. The zero-order chi connectivity index (χ0) is 22.0. The van der Waals surface area contributed by atoms with Gasteiger partial charge in [-0.1, -0.05) is 0 Å². The van der Waals surface area contributed by atoms with Gasteiger partial charge < -0.3 is 0 Å². The van der Waals surface area contributed by atoms with Crippen molar-refractivity contribution >= 4 is 40.1 Å². The van der Waals surface area contributed by atoms with Gasteiger partial charge in [-0.25, -0.2) is 33.7 Å². The Labute approximate surface area is 168 Å². The van der Waals surface area contributed by atoms with Crippen LogP contribution in [0.4, 0.5) is 0 Å². The molecule has 0 aromatic rings. The minimum atomic E-state index is -3.70. The van der Waals surface area contributed by atoms with Crippen molar-refractivity contribution in [3.05, 3.63) is 0 Å². The molecule has 1 rings (SSSR count). The first-order valence-electron chi connectivity index (χ1n) is 8.23. The molecule has 12 nitrogen and oxygen atoms in total. The van der Waals surface area contributed by atoms with E-state index >= 15 is 0 Å². The molecule has 0 radical (unpaired) electrons. The Morgan fingerprint density at radius 1 is 0.357 bits per heavy atom. The van der Waals surface area contributed by atoms with Gasteiger partial charge in [0.05, 0.1) is 25.0 Å². The monoisotopic (exact) mass is 484 g/mol. The maximum atomic E-state index is 12.0. The van der Waals surface area contributed by atoms with Gasteiger partial charge >= 0.3 is 0 Å². The third-order valence-corrected chi connectivity index (χ3v) is 9.48. The molecule has 0 spiro atoms. The first kappa shape index (κ1) is 25.7. The van der Waals surface area contributed by atoms with Gasteiger partial charge in [-0.15, -0.1) is 0 Å². The van der Waals surface area contributed by atoms with E-state index in [1.807, 2.05) is 0 Å².